The molecule has 2 rings (SSSR count). The Labute approximate surface area is 98.6 Å². The standard InChI is InChI=1S/C10H9BrF3NO/c11-7-5-15-8(10(12,13)14)4-6(7)9(16)2-1-3-9/h4-5,16H,1-3H2. The van der Waals surface area contributed by atoms with E-state index in [1.165, 1.54) is 0 Å². The van der Waals surface area contributed by atoms with Crippen LogP contribution in [0, 0.1) is 0 Å². The van der Waals surface area contributed by atoms with Crippen LogP contribution < -0.4 is 0 Å². The highest BCUT2D eigenvalue weighted by molar-refractivity contribution is 9.10. The lowest BCUT2D eigenvalue weighted by Crippen LogP contribution is -2.34. The van der Waals surface area contributed by atoms with Crippen molar-refractivity contribution in [3.8, 4) is 0 Å². The molecular weight excluding hydrogens is 287 g/mol. The minimum Gasteiger partial charge on any atom is -0.385 e. The first-order valence-electron chi connectivity index (χ1n) is 4.78. The van der Waals surface area contributed by atoms with Gasteiger partial charge in [0.2, 0.25) is 0 Å². The fraction of sp³-hybridized carbons (Fsp3) is 0.500. The number of halogens is 4. The SMILES string of the molecule is OC1(c2cc(C(F)(F)F)ncc2Br)CCC1. The second-order valence-electron chi connectivity index (χ2n) is 3.93. The van der Waals surface area contributed by atoms with E-state index in [9.17, 15) is 18.3 Å². The Bertz CT molecular complexity index is 415. The minimum atomic E-state index is -4.48. The molecule has 2 nitrogen and oxygen atoms in total. The summed E-state index contributed by atoms with van der Waals surface area (Å²) in [7, 11) is 0. The molecule has 0 radical (unpaired) electrons. The molecule has 0 spiro atoms. The highest BCUT2D eigenvalue weighted by atomic mass is 79.9. The van der Waals surface area contributed by atoms with Crippen LogP contribution in [0.3, 0.4) is 0 Å². The molecule has 0 bridgehead atoms. The molecule has 0 atom stereocenters. The summed E-state index contributed by atoms with van der Waals surface area (Å²) < 4.78 is 37.8. The van der Waals surface area contributed by atoms with Crippen molar-refractivity contribution in [1.29, 1.82) is 0 Å². The van der Waals surface area contributed by atoms with Crippen LogP contribution in [0.5, 0.6) is 0 Å². The van der Waals surface area contributed by atoms with E-state index in [0.29, 0.717) is 17.3 Å². The molecule has 1 aromatic heterocycles. The normalized spacial score (nSPS) is 19.3. The predicted octanol–water partition coefficient (Wildman–Crippen LogP) is 3.23. The summed E-state index contributed by atoms with van der Waals surface area (Å²) in [5, 5.41) is 10.0. The molecule has 1 aliphatic rings. The summed E-state index contributed by atoms with van der Waals surface area (Å²) >= 11 is 3.12. The third-order valence-electron chi connectivity index (χ3n) is 2.83. The van der Waals surface area contributed by atoms with E-state index in [-0.39, 0.29) is 5.56 Å². The van der Waals surface area contributed by atoms with Gasteiger partial charge in [0.15, 0.2) is 0 Å². The number of pyridine rings is 1. The fourth-order valence-electron chi connectivity index (χ4n) is 1.73. The van der Waals surface area contributed by atoms with Crippen molar-refractivity contribution in [2.24, 2.45) is 0 Å². The van der Waals surface area contributed by atoms with Crippen LogP contribution in [0.15, 0.2) is 16.7 Å². The van der Waals surface area contributed by atoms with Crippen molar-refractivity contribution in [3.05, 3.63) is 28.0 Å². The maximum Gasteiger partial charge on any atom is 0.433 e. The van der Waals surface area contributed by atoms with Crippen molar-refractivity contribution in [3.63, 3.8) is 0 Å². The molecule has 1 heterocycles. The van der Waals surface area contributed by atoms with Crippen LogP contribution in [0.1, 0.15) is 30.5 Å². The van der Waals surface area contributed by atoms with Crippen molar-refractivity contribution >= 4 is 15.9 Å². The molecule has 0 aromatic carbocycles. The Hall–Kier alpha value is -0.620. The molecule has 0 amide bonds. The third kappa shape index (κ3) is 1.96. The molecule has 1 fully saturated rings. The Balaban J connectivity index is 2.45. The van der Waals surface area contributed by atoms with E-state index in [4.69, 9.17) is 0 Å². The summed E-state index contributed by atoms with van der Waals surface area (Å²) in [5.41, 5.74) is -1.81. The maximum absolute atomic E-state index is 12.5. The molecule has 0 unspecified atom stereocenters. The van der Waals surface area contributed by atoms with Gasteiger partial charge in [-0.25, -0.2) is 0 Å². The van der Waals surface area contributed by atoms with Crippen molar-refractivity contribution in [2.45, 2.75) is 31.0 Å². The Morgan fingerprint density at radius 2 is 2.00 bits per heavy atom. The zero-order chi connectivity index (χ0) is 12.0. The van der Waals surface area contributed by atoms with E-state index in [1.807, 2.05) is 0 Å². The zero-order valence-corrected chi connectivity index (χ0v) is 9.77. The topological polar surface area (TPSA) is 33.1 Å². The number of rotatable bonds is 1. The van der Waals surface area contributed by atoms with E-state index in [1.54, 1.807) is 0 Å². The van der Waals surface area contributed by atoms with Gasteiger partial charge in [0, 0.05) is 16.2 Å². The molecule has 6 heteroatoms. The quantitative estimate of drug-likeness (QED) is 0.863. The predicted molar refractivity (Wildman–Crippen MR) is 54.7 cm³/mol. The van der Waals surface area contributed by atoms with Gasteiger partial charge < -0.3 is 5.11 Å². The average Bonchev–Trinajstić information content (AvgIpc) is 2.13. The lowest BCUT2D eigenvalue weighted by Gasteiger charge is -2.37. The van der Waals surface area contributed by atoms with Crippen LogP contribution >= 0.6 is 15.9 Å². The Kier molecular flexibility index (Phi) is 2.74. The largest absolute Gasteiger partial charge is 0.433 e. The van der Waals surface area contributed by atoms with Gasteiger partial charge in [-0.15, -0.1) is 0 Å². The molecule has 16 heavy (non-hydrogen) atoms. The maximum atomic E-state index is 12.5. The number of hydrogen-bond acceptors (Lipinski definition) is 2. The number of nitrogens with zero attached hydrogens (tertiary/aromatic N) is 1. The molecule has 1 aromatic rings. The monoisotopic (exact) mass is 295 g/mol. The summed E-state index contributed by atoms with van der Waals surface area (Å²) in [4.78, 5) is 3.30. The Morgan fingerprint density at radius 3 is 2.44 bits per heavy atom. The van der Waals surface area contributed by atoms with Crippen LogP contribution in [0.2, 0.25) is 0 Å². The van der Waals surface area contributed by atoms with Crippen molar-refractivity contribution in [2.75, 3.05) is 0 Å². The highest BCUT2D eigenvalue weighted by Gasteiger charge is 2.40. The molecule has 1 aliphatic carbocycles. The van der Waals surface area contributed by atoms with Crippen LogP contribution in [0.4, 0.5) is 13.2 Å². The summed E-state index contributed by atoms with van der Waals surface area (Å²) in [6.45, 7) is 0. The minimum absolute atomic E-state index is 0.279. The van der Waals surface area contributed by atoms with Gasteiger partial charge in [-0.05, 0) is 41.3 Å². The first kappa shape index (κ1) is 11.9. The average molecular weight is 296 g/mol. The lowest BCUT2D eigenvalue weighted by molar-refractivity contribution is -0.141. The van der Waals surface area contributed by atoms with Crippen LogP contribution in [0.25, 0.3) is 0 Å². The van der Waals surface area contributed by atoms with Crippen molar-refractivity contribution < 1.29 is 18.3 Å². The zero-order valence-electron chi connectivity index (χ0n) is 8.18. The van der Waals surface area contributed by atoms with Gasteiger partial charge in [0.1, 0.15) is 5.69 Å². The fourth-order valence-corrected chi connectivity index (χ4v) is 2.32. The number of hydrogen-bond donors (Lipinski definition) is 1. The Morgan fingerprint density at radius 1 is 1.38 bits per heavy atom. The number of aromatic nitrogens is 1. The van der Waals surface area contributed by atoms with Gasteiger partial charge in [-0.2, -0.15) is 13.2 Å². The molecule has 88 valence electrons. The second-order valence-corrected chi connectivity index (χ2v) is 4.79. The summed E-state index contributed by atoms with van der Waals surface area (Å²) in [5.74, 6) is 0. The van der Waals surface area contributed by atoms with E-state index < -0.39 is 17.5 Å². The molecule has 1 N–H and O–H groups in total. The van der Waals surface area contributed by atoms with Crippen LogP contribution in [-0.2, 0) is 11.8 Å². The van der Waals surface area contributed by atoms with Gasteiger partial charge in [0.25, 0.3) is 0 Å². The molecular formula is C10H9BrF3NO. The smallest absolute Gasteiger partial charge is 0.385 e. The lowest BCUT2D eigenvalue weighted by atomic mass is 9.75. The van der Waals surface area contributed by atoms with E-state index in [0.717, 1.165) is 18.7 Å². The third-order valence-corrected chi connectivity index (χ3v) is 3.46. The van der Waals surface area contributed by atoms with Gasteiger partial charge in [0.05, 0.1) is 5.60 Å². The van der Waals surface area contributed by atoms with Gasteiger partial charge in [-0.1, -0.05) is 0 Å². The molecule has 1 saturated carbocycles. The summed E-state index contributed by atoms with van der Waals surface area (Å²) in [6, 6.07) is 0.920. The first-order chi connectivity index (χ1) is 7.33. The van der Waals surface area contributed by atoms with Gasteiger partial charge >= 0.3 is 6.18 Å². The summed E-state index contributed by atoms with van der Waals surface area (Å²) in [6.07, 6.45) is -1.57. The second kappa shape index (κ2) is 3.70. The highest BCUT2D eigenvalue weighted by Crippen LogP contribution is 2.44. The first-order valence-corrected chi connectivity index (χ1v) is 5.58. The van der Waals surface area contributed by atoms with E-state index in [2.05, 4.69) is 20.9 Å². The molecule has 0 aliphatic heterocycles. The van der Waals surface area contributed by atoms with Gasteiger partial charge in [-0.3, -0.25) is 4.98 Å². The number of alkyl halides is 3. The van der Waals surface area contributed by atoms with Crippen LogP contribution in [-0.4, -0.2) is 10.1 Å². The van der Waals surface area contributed by atoms with E-state index >= 15 is 0 Å². The van der Waals surface area contributed by atoms with Crippen molar-refractivity contribution in [1.82, 2.24) is 4.98 Å². The number of aliphatic hydroxyl groups is 1. The molecule has 0 saturated heterocycles.